The van der Waals surface area contributed by atoms with E-state index in [1.165, 1.54) is 18.6 Å². The third kappa shape index (κ3) is 2.99. The largest absolute Gasteiger partial charge is 0.493 e. The minimum absolute atomic E-state index is 0.169. The number of hydrogen-bond donors (Lipinski definition) is 0. The molecule has 1 nitrogen and oxygen atoms in total. The van der Waals surface area contributed by atoms with Crippen molar-refractivity contribution >= 4 is 15.9 Å². The first-order valence-electron chi connectivity index (χ1n) is 5.81. The lowest BCUT2D eigenvalue weighted by molar-refractivity contribution is -0.137. The molecule has 0 heterocycles. The predicted octanol–water partition coefficient (Wildman–Crippen LogP) is 4.65. The summed E-state index contributed by atoms with van der Waals surface area (Å²) in [6.07, 6.45) is -0.872. The summed E-state index contributed by atoms with van der Waals surface area (Å²) in [6.45, 7) is 0.559. The van der Waals surface area contributed by atoms with E-state index in [4.69, 9.17) is 4.74 Å². The fraction of sp³-hybridized carbons (Fsp3) is 0.538. The van der Waals surface area contributed by atoms with Crippen LogP contribution in [0.5, 0.6) is 5.75 Å². The van der Waals surface area contributed by atoms with Crippen LogP contribution in [0.2, 0.25) is 0 Å². The van der Waals surface area contributed by atoms with Gasteiger partial charge in [0.15, 0.2) is 0 Å². The Morgan fingerprint density at radius 2 is 1.78 bits per heavy atom. The maximum absolute atomic E-state index is 12.4. The molecule has 0 saturated heterocycles. The number of alkyl halides is 4. The van der Waals surface area contributed by atoms with Crippen molar-refractivity contribution in [3.8, 4) is 5.75 Å². The zero-order valence-corrected chi connectivity index (χ0v) is 11.4. The zero-order valence-electron chi connectivity index (χ0n) is 9.77. The summed E-state index contributed by atoms with van der Waals surface area (Å²) in [5, 5.41) is 0.876. The highest BCUT2D eigenvalue weighted by molar-refractivity contribution is 9.09. The van der Waals surface area contributed by atoms with E-state index < -0.39 is 11.7 Å². The molecule has 0 radical (unpaired) electrons. The van der Waals surface area contributed by atoms with E-state index in [0.717, 1.165) is 30.3 Å². The Kier molecular flexibility index (Phi) is 3.90. The van der Waals surface area contributed by atoms with Gasteiger partial charge in [-0.1, -0.05) is 22.4 Å². The van der Waals surface area contributed by atoms with Crippen LogP contribution in [0, 0.1) is 5.41 Å². The Morgan fingerprint density at radius 3 is 2.17 bits per heavy atom. The summed E-state index contributed by atoms with van der Waals surface area (Å²) in [6, 6.07) is 4.86. The summed E-state index contributed by atoms with van der Waals surface area (Å²) < 4.78 is 42.7. The van der Waals surface area contributed by atoms with E-state index in [1.807, 2.05) is 0 Å². The molecule has 1 aliphatic rings. The van der Waals surface area contributed by atoms with Crippen LogP contribution in [-0.2, 0) is 6.18 Å². The maximum Gasteiger partial charge on any atom is 0.416 e. The van der Waals surface area contributed by atoms with Gasteiger partial charge in [0.25, 0.3) is 0 Å². The molecule has 0 bridgehead atoms. The smallest absolute Gasteiger partial charge is 0.416 e. The molecule has 1 aromatic carbocycles. The van der Waals surface area contributed by atoms with Gasteiger partial charge in [-0.2, -0.15) is 13.2 Å². The van der Waals surface area contributed by atoms with Crippen molar-refractivity contribution in [2.45, 2.75) is 25.4 Å². The second kappa shape index (κ2) is 5.11. The molecule has 2 rings (SSSR count). The fourth-order valence-electron chi connectivity index (χ4n) is 1.97. The lowest BCUT2D eigenvalue weighted by Gasteiger charge is -2.39. The highest BCUT2D eigenvalue weighted by Gasteiger charge is 2.36. The van der Waals surface area contributed by atoms with Gasteiger partial charge in [-0.3, -0.25) is 0 Å². The quantitative estimate of drug-likeness (QED) is 0.733. The Hall–Kier alpha value is -0.710. The maximum atomic E-state index is 12.4. The lowest BCUT2D eigenvalue weighted by Crippen LogP contribution is -2.37. The molecule has 1 aliphatic carbocycles. The molecule has 0 spiro atoms. The van der Waals surface area contributed by atoms with Crippen LogP contribution in [0.25, 0.3) is 0 Å². The van der Waals surface area contributed by atoms with Crippen LogP contribution >= 0.6 is 15.9 Å². The first-order valence-corrected chi connectivity index (χ1v) is 6.93. The van der Waals surface area contributed by atoms with Gasteiger partial charge in [0.1, 0.15) is 5.75 Å². The molecular weight excluding hydrogens is 309 g/mol. The number of benzene rings is 1. The lowest BCUT2D eigenvalue weighted by atomic mass is 9.71. The highest BCUT2D eigenvalue weighted by Crippen LogP contribution is 2.42. The summed E-state index contributed by atoms with van der Waals surface area (Å²) >= 11 is 3.47. The Morgan fingerprint density at radius 1 is 1.17 bits per heavy atom. The molecule has 1 saturated carbocycles. The Bertz CT molecular complexity index is 390. The van der Waals surface area contributed by atoms with Crippen LogP contribution in [0.15, 0.2) is 24.3 Å². The molecule has 0 N–H and O–H groups in total. The van der Waals surface area contributed by atoms with Crippen molar-refractivity contribution in [1.29, 1.82) is 0 Å². The molecule has 0 amide bonds. The van der Waals surface area contributed by atoms with Crippen molar-refractivity contribution in [2.24, 2.45) is 5.41 Å². The van der Waals surface area contributed by atoms with E-state index in [9.17, 15) is 13.2 Å². The molecule has 0 aliphatic heterocycles. The molecule has 1 fully saturated rings. The molecule has 0 atom stereocenters. The summed E-state index contributed by atoms with van der Waals surface area (Å²) in [5.74, 6) is 0.496. The van der Waals surface area contributed by atoms with Crippen molar-refractivity contribution in [1.82, 2.24) is 0 Å². The van der Waals surface area contributed by atoms with Gasteiger partial charge < -0.3 is 4.74 Å². The molecule has 100 valence electrons. The predicted molar refractivity (Wildman–Crippen MR) is 67.0 cm³/mol. The third-order valence-corrected chi connectivity index (χ3v) is 4.61. The Labute approximate surface area is 112 Å². The molecule has 18 heavy (non-hydrogen) atoms. The minimum atomic E-state index is -4.29. The summed E-state index contributed by atoms with van der Waals surface area (Å²) in [7, 11) is 0. The van der Waals surface area contributed by atoms with Crippen molar-refractivity contribution in [2.75, 3.05) is 11.9 Å². The Balaban J connectivity index is 1.94. The van der Waals surface area contributed by atoms with Crippen LogP contribution in [0.3, 0.4) is 0 Å². The van der Waals surface area contributed by atoms with Gasteiger partial charge in [0.2, 0.25) is 0 Å². The standard InChI is InChI=1S/C13H14BrF3O/c14-8-12(6-1-7-12)9-18-11-4-2-10(3-5-11)13(15,16)17/h2-5H,1,6-9H2. The fourth-order valence-corrected chi connectivity index (χ4v) is 2.69. The van der Waals surface area contributed by atoms with Crippen molar-refractivity contribution < 1.29 is 17.9 Å². The van der Waals surface area contributed by atoms with Crippen LogP contribution < -0.4 is 4.74 Å². The van der Waals surface area contributed by atoms with Gasteiger partial charge in [-0.25, -0.2) is 0 Å². The van der Waals surface area contributed by atoms with Crippen LogP contribution in [0.1, 0.15) is 24.8 Å². The third-order valence-electron chi connectivity index (χ3n) is 3.42. The highest BCUT2D eigenvalue weighted by atomic mass is 79.9. The molecular formula is C13H14BrF3O. The van der Waals surface area contributed by atoms with Gasteiger partial charge in [-0.15, -0.1) is 0 Å². The van der Waals surface area contributed by atoms with Gasteiger partial charge in [0, 0.05) is 10.7 Å². The van der Waals surface area contributed by atoms with Crippen molar-refractivity contribution in [3.05, 3.63) is 29.8 Å². The minimum Gasteiger partial charge on any atom is -0.493 e. The zero-order chi connectivity index (χ0) is 13.2. The SMILES string of the molecule is FC(F)(F)c1ccc(OCC2(CBr)CCC2)cc1. The van der Waals surface area contributed by atoms with E-state index in [0.29, 0.717) is 12.4 Å². The van der Waals surface area contributed by atoms with Gasteiger partial charge >= 0.3 is 6.18 Å². The molecule has 0 aromatic heterocycles. The van der Waals surface area contributed by atoms with Gasteiger partial charge in [0.05, 0.1) is 12.2 Å². The number of halogens is 4. The van der Waals surface area contributed by atoms with E-state index in [1.54, 1.807) is 0 Å². The summed E-state index contributed by atoms with van der Waals surface area (Å²) in [4.78, 5) is 0. The average molecular weight is 323 g/mol. The van der Waals surface area contributed by atoms with E-state index in [2.05, 4.69) is 15.9 Å². The van der Waals surface area contributed by atoms with Crippen molar-refractivity contribution in [3.63, 3.8) is 0 Å². The second-order valence-electron chi connectivity index (χ2n) is 4.80. The van der Waals surface area contributed by atoms with E-state index in [-0.39, 0.29) is 5.41 Å². The van der Waals surface area contributed by atoms with Crippen LogP contribution in [0.4, 0.5) is 13.2 Å². The number of ether oxygens (including phenoxy) is 1. The first-order chi connectivity index (χ1) is 8.45. The number of rotatable bonds is 4. The van der Waals surface area contributed by atoms with E-state index >= 15 is 0 Å². The number of hydrogen-bond acceptors (Lipinski definition) is 1. The average Bonchev–Trinajstić information content (AvgIpc) is 2.28. The normalized spacial score (nSPS) is 18.2. The van der Waals surface area contributed by atoms with Crippen LogP contribution in [-0.4, -0.2) is 11.9 Å². The molecule has 1 aromatic rings. The summed E-state index contributed by atoms with van der Waals surface area (Å²) in [5.41, 5.74) is -0.475. The molecule has 5 heteroatoms. The monoisotopic (exact) mass is 322 g/mol. The second-order valence-corrected chi connectivity index (χ2v) is 5.36. The first kappa shape index (κ1) is 13.7. The van der Waals surface area contributed by atoms with Gasteiger partial charge in [-0.05, 0) is 37.1 Å². The topological polar surface area (TPSA) is 9.23 Å². The molecule has 0 unspecified atom stereocenters.